The van der Waals surface area contributed by atoms with Crippen molar-refractivity contribution in [3.05, 3.63) is 41.1 Å². The summed E-state index contributed by atoms with van der Waals surface area (Å²) in [6.45, 7) is 6.30. The molecule has 0 amide bonds. The van der Waals surface area contributed by atoms with Gasteiger partial charge in [0.15, 0.2) is 5.69 Å². The van der Waals surface area contributed by atoms with Gasteiger partial charge in [-0.3, -0.25) is 0 Å². The maximum Gasteiger partial charge on any atom is 0.212 e. The Morgan fingerprint density at radius 1 is 1.24 bits per heavy atom. The van der Waals surface area contributed by atoms with E-state index in [1.807, 2.05) is 25.1 Å². The van der Waals surface area contributed by atoms with Crippen molar-refractivity contribution in [3.63, 3.8) is 0 Å². The van der Waals surface area contributed by atoms with Crippen molar-refractivity contribution in [1.29, 1.82) is 5.26 Å². The minimum Gasteiger partial charge on any atom is -1.00 e. The predicted octanol–water partition coefficient (Wildman–Crippen LogP) is -0.0386. The van der Waals surface area contributed by atoms with Crippen LogP contribution in [0.4, 0.5) is 0 Å². The monoisotopic (exact) mass is 338 g/mol. The van der Waals surface area contributed by atoms with Gasteiger partial charge in [-0.2, -0.15) is 5.26 Å². The van der Waals surface area contributed by atoms with Crippen LogP contribution in [-0.2, 0) is 0 Å². The predicted molar refractivity (Wildman–Crippen MR) is 64.0 cm³/mol. The van der Waals surface area contributed by atoms with Crippen LogP contribution in [0.1, 0.15) is 36.6 Å². The zero-order chi connectivity index (χ0) is 11.7. The smallest absolute Gasteiger partial charge is 0.212 e. The summed E-state index contributed by atoms with van der Waals surface area (Å²) in [7, 11) is 0. The molecule has 0 radical (unpaired) electrons. The van der Waals surface area contributed by atoms with Crippen molar-refractivity contribution < 1.29 is 29.0 Å². The highest BCUT2D eigenvalue weighted by molar-refractivity contribution is 5.83. The molecular weight excluding hydrogens is 323 g/mol. The SMILES string of the molecule is Cc1ccc2c(C#N)cc(C(C)C)cc2[nH+]1.[I-]. The van der Waals surface area contributed by atoms with Crippen LogP contribution in [0.3, 0.4) is 0 Å². The largest absolute Gasteiger partial charge is 1.00 e. The molecule has 2 aromatic rings. The minimum absolute atomic E-state index is 0. The van der Waals surface area contributed by atoms with Crippen molar-refractivity contribution in [2.24, 2.45) is 0 Å². The van der Waals surface area contributed by atoms with E-state index >= 15 is 0 Å². The highest BCUT2D eigenvalue weighted by Gasteiger charge is 2.11. The summed E-state index contributed by atoms with van der Waals surface area (Å²) in [5.41, 5.74) is 4.10. The summed E-state index contributed by atoms with van der Waals surface area (Å²) in [5, 5.41) is 10.1. The van der Waals surface area contributed by atoms with Crippen LogP contribution in [-0.4, -0.2) is 0 Å². The number of aromatic nitrogens is 1. The van der Waals surface area contributed by atoms with E-state index in [0.717, 1.165) is 22.2 Å². The van der Waals surface area contributed by atoms with Crippen molar-refractivity contribution in [1.82, 2.24) is 0 Å². The molecule has 0 bridgehead atoms. The van der Waals surface area contributed by atoms with Crippen LogP contribution in [0.25, 0.3) is 10.9 Å². The van der Waals surface area contributed by atoms with Gasteiger partial charge in [0.1, 0.15) is 6.07 Å². The van der Waals surface area contributed by atoms with E-state index in [4.69, 9.17) is 5.26 Å². The van der Waals surface area contributed by atoms with Crippen LogP contribution in [0.15, 0.2) is 24.3 Å². The Kier molecular flexibility index (Phi) is 4.47. The van der Waals surface area contributed by atoms with Crippen LogP contribution < -0.4 is 29.0 Å². The first kappa shape index (κ1) is 13.9. The Bertz CT molecular complexity index is 583. The average Bonchev–Trinajstić information content (AvgIpc) is 2.26. The standard InChI is InChI=1S/C14H14N2.HI/c1-9(2)11-6-12(8-15)13-5-4-10(3)16-14(13)7-11;/h4-7,9H,1-3H3;1H. The van der Waals surface area contributed by atoms with Crippen molar-refractivity contribution >= 4 is 10.9 Å². The Morgan fingerprint density at radius 2 is 1.94 bits per heavy atom. The molecule has 1 aromatic heterocycles. The summed E-state index contributed by atoms with van der Waals surface area (Å²) in [6, 6.07) is 10.4. The summed E-state index contributed by atoms with van der Waals surface area (Å²) < 4.78 is 0. The Morgan fingerprint density at radius 3 is 2.53 bits per heavy atom. The van der Waals surface area contributed by atoms with E-state index < -0.39 is 0 Å². The van der Waals surface area contributed by atoms with Gasteiger partial charge in [0.25, 0.3) is 0 Å². The Labute approximate surface area is 119 Å². The van der Waals surface area contributed by atoms with Crippen molar-refractivity contribution in [2.75, 3.05) is 0 Å². The number of hydrogen-bond donors (Lipinski definition) is 0. The Balaban J connectivity index is 0.00000144. The third-order valence-electron chi connectivity index (χ3n) is 2.82. The lowest BCUT2D eigenvalue weighted by molar-refractivity contribution is -0.354. The number of rotatable bonds is 1. The highest BCUT2D eigenvalue weighted by atomic mass is 127. The van der Waals surface area contributed by atoms with E-state index in [1.165, 1.54) is 5.56 Å². The third kappa shape index (κ3) is 2.75. The maximum absolute atomic E-state index is 9.15. The second-order valence-electron chi connectivity index (χ2n) is 4.44. The number of halogens is 1. The molecule has 0 aliphatic heterocycles. The lowest BCUT2D eigenvalue weighted by Gasteiger charge is -2.06. The number of H-pyrrole nitrogens is 1. The molecule has 0 unspecified atom stereocenters. The fourth-order valence-corrected chi connectivity index (χ4v) is 1.85. The molecule has 0 spiro atoms. The van der Waals surface area contributed by atoms with Crippen LogP contribution in [0, 0.1) is 18.3 Å². The van der Waals surface area contributed by atoms with E-state index in [-0.39, 0.29) is 24.0 Å². The molecule has 2 nitrogen and oxygen atoms in total. The Hall–Kier alpha value is -1.15. The molecule has 3 heteroatoms. The van der Waals surface area contributed by atoms with Crippen LogP contribution >= 0.6 is 0 Å². The van der Waals surface area contributed by atoms with E-state index in [2.05, 4.69) is 31.0 Å². The number of fused-ring (bicyclic) bond motifs is 1. The van der Waals surface area contributed by atoms with Gasteiger partial charge in [-0.1, -0.05) is 13.8 Å². The van der Waals surface area contributed by atoms with Gasteiger partial charge in [0.2, 0.25) is 5.52 Å². The van der Waals surface area contributed by atoms with Crippen LogP contribution in [0.2, 0.25) is 0 Å². The number of benzene rings is 1. The van der Waals surface area contributed by atoms with Gasteiger partial charge < -0.3 is 24.0 Å². The summed E-state index contributed by atoms with van der Waals surface area (Å²) in [6.07, 6.45) is 0. The normalized spacial score (nSPS) is 10.1. The fourth-order valence-electron chi connectivity index (χ4n) is 1.85. The fraction of sp³-hybridized carbons (Fsp3) is 0.286. The van der Waals surface area contributed by atoms with Gasteiger partial charge >= 0.3 is 0 Å². The summed E-state index contributed by atoms with van der Waals surface area (Å²) >= 11 is 0. The minimum atomic E-state index is 0. The zero-order valence-corrected chi connectivity index (χ0v) is 12.4. The average molecular weight is 338 g/mol. The van der Waals surface area contributed by atoms with Crippen molar-refractivity contribution in [2.45, 2.75) is 26.7 Å². The van der Waals surface area contributed by atoms with Crippen LogP contribution in [0.5, 0.6) is 0 Å². The second kappa shape index (κ2) is 5.46. The molecule has 0 aliphatic rings. The molecule has 1 N–H and O–H groups in total. The number of nitrogens with zero attached hydrogens (tertiary/aromatic N) is 1. The third-order valence-corrected chi connectivity index (χ3v) is 2.82. The van der Waals surface area contributed by atoms with Gasteiger partial charge in [-0.15, -0.1) is 0 Å². The first-order chi connectivity index (χ1) is 7.61. The van der Waals surface area contributed by atoms with E-state index in [9.17, 15) is 0 Å². The lowest BCUT2D eigenvalue weighted by Crippen LogP contribution is -3.00. The summed E-state index contributed by atoms with van der Waals surface area (Å²) in [5.74, 6) is 0.436. The van der Waals surface area contributed by atoms with Gasteiger partial charge in [-0.25, -0.2) is 4.98 Å². The second-order valence-corrected chi connectivity index (χ2v) is 4.44. The highest BCUT2D eigenvalue weighted by Crippen LogP contribution is 2.22. The van der Waals surface area contributed by atoms with Gasteiger partial charge in [-0.05, 0) is 23.6 Å². The molecule has 0 saturated heterocycles. The molecule has 88 valence electrons. The molecule has 0 saturated carbocycles. The van der Waals surface area contributed by atoms with Crippen molar-refractivity contribution in [3.8, 4) is 6.07 Å². The number of nitriles is 1. The quantitative estimate of drug-likeness (QED) is 0.673. The van der Waals surface area contributed by atoms with E-state index in [0.29, 0.717) is 5.92 Å². The number of aromatic amines is 1. The number of pyridine rings is 1. The number of nitrogens with one attached hydrogen (secondary N) is 1. The summed E-state index contributed by atoms with van der Waals surface area (Å²) in [4.78, 5) is 3.31. The maximum atomic E-state index is 9.15. The van der Waals surface area contributed by atoms with E-state index in [1.54, 1.807) is 0 Å². The molecule has 0 aliphatic carbocycles. The first-order valence-corrected chi connectivity index (χ1v) is 5.48. The molecule has 1 aromatic carbocycles. The molecular formula is C14H15IN2. The molecule has 17 heavy (non-hydrogen) atoms. The topological polar surface area (TPSA) is 37.9 Å². The zero-order valence-electron chi connectivity index (χ0n) is 10.2. The molecule has 2 rings (SSSR count). The molecule has 0 fully saturated rings. The van der Waals surface area contributed by atoms with Gasteiger partial charge in [0.05, 0.1) is 10.9 Å². The first-order valence-electron chi connectivity index (χ1n) is 5.48. The van der Waals surface area contributed by atoms with Gasteiger partial charge in [0, 0.05) is 19.1 Å². The number of hydrogen-bond acceptors (Lipinski definition) is 1. The lowest BCUT2D eigenvalue weighted by atomic mass is 9.98. The number of aryl methyl sites for hydroxylation is 1. The molecule has 1 heterocycles. The molecule has 0 atom stereocenters.